The number of hydrogen-bond acceptors (Lipinski definition) is 5. The molecule has 1 amide bonds. The van der Waals surface area contributed by atoms with E-state index in [2.05, 4.69) is 12.2 Å². The molecule has 0 saturated heterocycles. The first-order valence-corrected chi connectivity index (χ1v) is 8.21. The van der Waals surface area contributed by atoms with Crippen LogP contribution in [0.5, 0.6) is 11.5 Å². The van der Waals surface area contributed by atoms with Gasteiger partial charge in [-0.3, -0.25) is 14.9 Å². The normalized spacial score (nSPS) is 11.5. The number of nitro benzene ring substituents is 1. The number of hydrogen-bond donors (Lipinski definition) is 1. The van der Waals surface area contributed by atoms with Crippen LogP contribution in [0.4, 0.5) is 5.69 Å². The zero-order valence-corrected chi connectivity index (χ0v) is 15.2. The molecule has 7 heteroatoms. The van der Waals surface area contributed by atoms with E-state index in [1.165, 1.54) is 31.9 Å². The Kier molecular flexibility index (Phi) is 6.16. The van der Waals surface area contributed by atoms with Crippen LogP contribution >= 0.6 is 0 Å². The molecular formula is C19H22N2O5. The predicted molar refractivity (Wildman–Crippen MR) is 97.9 cm³/mol. The van der Waals surface area contributed by atoms with Crippen LogP contribution in [0, 0.1) is 10.1 Å². The molecule has 138 valence electrons. The lowest BCUT2D eigenvalue weighted by Gasteiger charge is -2.16. The van der Waals surface area contributed by atoms with Gasteiger partial charge in [-0.2, -0.15) is 0 Å². The van der Waals surface area contributed by atoms with Crippen LogP contribution < -0.4 is 14.8 Å². The van der Waals surface area contributed by atoms with Crippen LogP contribution in [0.2, 0.25) is 0 Å². The summed E-state index contributed by atoms with van der Waals surface area (Å²) in [5.41, 5.74) is 1.69. The minimum atomic E-state index is -0.614. The summed E-state index contributed by atoms with van der Waals surface area (Å²) in [6.07, 6.45) is 0.929. The maximum atomic E-state index is 12.6. The van der Waals surface area contributed by atoms with Crippen molar-refractivity contribution < 1.29 is 19.2 Å². The number of benzene rings is 2. The Morgan fingerprint density at radius 1 is 1.15 bits per heavy atom. The van der Waals surface area contributed by atoms with E-state index in [0.717, 1.165) is 12.0 Å². The van der Waals surface area contributed by atoms with E-state index in [1.807, 2.05) is 31.2 Å². The van der Waals surface area contributed by atoms with Gasteiger partial charge in [-0.25, -0.2) is 0 Å². The van der Waals surface area contributed by atoms with Crippen LogP contribution in [0.15, 0.2) is 36.4 Å². The van der Waals surface area contributed by atoms with Crippen molar-refractivity contribution in [3.05, 3.63) is 63.2 Å². The Morgan fingerprint density at radius 2 is 1.73 bits per heavy atom. The third kappa shape index (κ3) is 4.11. The number of methoxy groups -OCH3 is 2. The number of nitrogens with zero attached hydrogens (tertiary/aromatic N) is 1. The Morgan fingerprint density at radius 3 is 2.23 bits per heavy atom. The van der Waals surface area contributed by atoms with Gasteiger partial charge in [-0.05, 0) is 24.5 Å². The lowest BCUT2D eigenvalue weighted by atomic mass is 10.0. The quantitative estimate of drug-likeness (QED) is 0.602. The minimum Gasteiger partial charge on any atom is -0.493 e. The van der Waals surface area contributed by atoms with E-state index in [0.29, 0.717) is 0 Å². The predicted octanol–water partition coefficient (Wildman–Crippen LogP) is 3.67. The van der Waals surface area contributed by atoms with Gasteiger partial charge in [-0.1, -0.05) is 31.2 Å². The fraction of sp³-hybridized carbons (Fsp3) is 0.316. The zero-order valence-electron chi connectivity index (χ0n) is 15.2. The fourth-order valence-electron chi connectivity index (χ4n) is 2.60. The van der Waals surface area contributed by atoms with Gasteiger partial charge < -0.3 is 14.8 Å². The highest BCUT2D eigenvalue weighted by molar-refractivity contribution is 5.99. The van der Waals surface area contributed by atoms with Gasteiger partial charge in [0, 0.05) is 6.07 Å². The topological polar surface area (TPSA) is 90.7 Å². The van der Waals surface area contributed by atoms with Crippen molar-refractivity contribution in [2.45, 2.75) is 26.3 Å². The molecule has 0 aliphatic heterocycles. The van der Waals surface area contributed by atoms with Crippen molar-refractivity contribution in [3.63, 3.8) is 0 Å². The summed E-state index contributed by atoms with van der Waals surface area (Å²) in [5, 5.41) is 14.1. The summed E-state index contributed by atoms with van der Waals surface area (Å²) >= 11 is 0. The van der Waals surface area contributed by atoms with E-state index in [4.69, 9.17) is 9.47 Å². The average Bonchev–Trinajstić information content (AvgIpc) is 2.66. The molecule has 26 heavy (non-hydrogen) atoms. The Bertz CT molecular complexity index is 802. The van der Waals surface area contributed by atoms with Crippen LogP contribution in [0.25, 0.3) is 0 Å². The van der Waals surface area contributed by atoms with Gasteiger partial charge in [0.25, 0.3) is 11.6 Å². The van der Waals surface area contributed by atoms with Gasteiger partial charge in [0.2, 0.25) is 0 Å². The Balaban J connectivity index is 2.31. The molecule has 0 radical (unpaired) electrons. The van der Waals surface area contributed by atoms with Crippen molar-refractivity contribution >= 4 is 11.6 Å². The third-order valence-corrected chi connectivity index (χ3v) is 4.18. The molecular weight excluding hydrogens is 336 g/mol. The zero-order chi connectivity index (χ0) is 19.3. The average molecular weight is 358 g/mol. The molecule has 1 atom stereocenters. The van der Waals surface area contributed by atoms with Crippen LogP contribution in [-0.4, -0.2) is 25.1 Å². The van der Waals surface area contributed by atoms with Crippen molar-refractivity contribution in [2.75, 3.05) is 14.2 Å². The van der Waals surface area contributed by atoms with E-state index >= 15 is 0 Å². The maximum Gasteiger partial charge on any atom is 0.286 e. The van der Waals surface area contributed by atoms with Crippen molar-refractivity contribution in [3.8, 4) is 11.5 Å². The standard InChI is InChI=1S/C19H22N2O5/c1-5-13-6-8-14(9-7-13)12(2)20-19(22)15-10-17(25-3)18(26-4)11-16(15)21(23)24/h6-12H,5H2,1-4H3,(H,20,22). The third-order valence-electron chi connectivity index (χ3n) is 4.18. The van der Waals surface area contributed by atoms with Gasteiger partial charge in [0.05, 0.1) is 31.3 Å². The number of rotatable bonds is 7. The summed E-state index contributed by atoms with van der Waals surface area (Å²) in [5.74, 6) is -0.105. The smallest absolute Gasteiger partial charge is 0.286 e. The highest BCUT2D eigenvalue weighted by Crippen LogP contribution is 2.34. The molecule has 0 aliphatic carbocycles. The molecule has 2 aromatic carbocycles. The second-order valence-electron chi connectivity index (χ2n) is 5.77. The number of carbonyl (C=O) groups excluding carboxylic acids is 1. The van der Waals surface area contributed by atoms with Gasteiger partial charge >= 0.3 is 0 Å². The number of amides is 1. The van der Waals surface area contributed by atoms with Crippen LogP contribution in [0.3, 0.4) is 0 Å². The first kappa shape index (κ1) is 19.2. The molecule has 0 heterocycles. The Labute approximate surface area is 152 Å². The van der Waals surface area contributed by atoms with Gasteiger partial charge in [0.15, 0.2) is 11.5 Å². The molecule has 2 rings (SSSR count). The number of aryl methyl sites for hydroxylation is 1. The van der Waals surface area contributed by atoms with Crippen LogP contribution in [-0.2, 0) is 6.42 Å². The molecule has 1 unspecified atom stereocenters. The van der Waals surface area contributed by atoms with Gasteiger partial charge in [0.1, 0.15) is 5.56 Å². The van der Waals surface area contributed by atoms with Crippen LogP contribution in [0.1, 0.15) is 41.4 Å². The molecule has 7 nitrogen and oxygen atoms in total. The molecule has 0 saturated carbocycles. The summed E-state index contributed by atoms with van der Waals surface area (Å²) in [4.78, 5) is 23.4. The van der Waals surface area contributed by atoms with E-state index < -0.39 is 10.8 Å². The maximum absolute atomic E-state index is 12.6. The Hall–Kier alpha value is -3.09. The first-order valence-electron chi connectivity index (χ1n) is 8.21. The van der Waals surface area contributed by atoms with E-state index in [9.17, 15) is 14.9 Å². The minimum absolute atomic E-state index is 0.0790. The lowest BCUT2D eigenvalue weighted by molar-refractivity contribution is -0.385. The second kappa shape index (κ2) is 8.33. The summed E-state index contributed by atoms with van der Waals surface area (Å²) in [7, 11) is 2.78. The number of nitrogens with one attached hydrogen (secondary N) is 1. The largest absolute Gasteiger partial charge is 0.493 e. The number of carbonyl (C=O) groups is 1. The molecule has 0 bridgehead atoms. The summed E-state index contributed by atoms with van der Waals surface area (Å²) in [6.45, 7) is 3.89. The van der Waals surface area contributed by atoms with Crippen molar-refractivity contribution in [1.82, 2.24) is 5.32 Å². The van der Waals surface area contributed by atoms with E-state index in [1.54, 1.807) is 0 Å². The SMILES string of the molecule is CCc1ccc(C(C)NC(=O)c2cc(OC)c(OC)cc2[N+](=O)[O-])cc1. The number of nitro groups is 1. The van der Waals surface area contributed by atoms with E-state index in [-0.39, 0.29) is 28.8 Å². The van der Waals surface area contributed by atoms with Gasteiger partial charge in [-0.15, -0.1) is 0 Å². The monoisotopic (exact) mass is 358 g/mol. The molecule has 2 aromatic rings. The fourth-order valence-corrected chi connectivity index (χ4v) is 2.60. The van der Waals surface area contributed by atoms with Crippen molar-refractivity contribution in [1.29, 1.82) is 0 Å². The first-order chi connectivity index (χ1) is 12.4. The molecule has 0 spiro atoms. The molecule has 0 aromatic heterocycles. The lowest BCUT2D eigenvalue weighted by Crippen LogP contribution is -2.27. The summed E-state index contributed by atoms with van der Waals surface area (Å²) < 4.78 is 10.2. The molecule has 0 aliphatic rings. The van der Waals surface area contributed by atoms with Crippen molar-refractivity contribution in [2.24, 2.45) is 0 Å². The highest BCUT2D eigenvalue weighted by Gasteiger charge is 2.25. The molecule has 0 fully saturated rings. The summed E-state index contributed by atoms with van der Waals surface area (Å²) in [6, 6.07) is 10.1. The second-order valence-corrected chi connectivity index (χ2v) is 5.77. The highest BCUT2D eigenvalue weighted by atomic mass is 16.6. The number of ether oxygens (including phenoxy) is 2. The molecule has 1 N–H and O–H groups in total.